The summed E-state index contributed by atoms with van der Waals surface area (Å²) in [5, 5.41) is 13.3. The molecule has 0 atom stereocenters. The Hall–Kier alpha value is -2.61. The fourth-order valence-corrected chi connectivity index (χ4v) is 3.05. The number of halogens is 3. The third kappa shape index (κ3) is 2.90. The zero-order valence-electron chi connectivity index (χ0n) is 12.9. The summed E-state index contributed by atoms with van der Waals surface area (Å²) < 4.78 is 6.64. The van der Waals surface area contributed by atoms with E-state index in [0.29, 0.717) is 32.1 Å². The van der Waals surface area contributed by atoms with Crippen LogP contribution in [0.3, 0.4) is 0 Å². The number of nitrogens with zero attached hydrogens (tertiary/aromatic N) is 5. The Morgan fingerprint density at radius 2 is 1.81 bits per heavy atom. The smallest absolute Gasteiger partial charge is 0.282 e. The highest BCUT2D eigenvalue weighted by Crippen LogP contribution is 2.31. The van der Waals surface area contributed by atoms with Crippen molar-refractivity contribution in [3.63, 3.8) is 0 Å². The van der Waals surface area contributed by atoms with Gasteiger partial charge in [0.05, 0.1) is 15.7 Å². The Balaban J connectivity index is 1.75. The molecule has 0 amide bonds. The molecule has 4 aromatic rings. The van der Waals surface area contributed by atoms with E-state index in [1.165, 1.54) is 4.68 Å². The second kappa shape index (κ2) is 6.60. The number of rotatable bonds is 3. The molecule has 0 aliphatic carbocycles. The molecule has 0 aliphatic heterocycles. The average molecular weight is 408 g/mol. The number of nitrogens with two attached hydrogens (primary N) is 1. The third-order valence-electron chi connectivity index (χ3n) is 3.59. The summed E-state index contributed by atoms with van der Waals surface area (Å²) in [7, 11) is 0. The van der Waals surface area contributed by atoms with Crippen molar-refractivity contribution in [3.8, 4) is 28.7 Å². The van der Waals surface area contributed by atoms with Crippen LogP contribution in [0.15, 0.2) is 47.0 Å². The Labute approximate surface area is 162 Å². The van der Waals surface area contributed by atoms with Gasteiger partial charge < -0.3 is 10.3 Å². The molecule has 130 valence electrons. The van der Waals surface area contributed by atoms with E-state index in [0.717, 1.165) is 0 Å². The minimum atomic E-state index is 0.119. The number of aromatic nitrogens is 5. The van der Waals surface area contributed by atoms with E-state index in [1.54, 1.807) is 30.3 Å². The van der Waals surface area contributed by atoms with Crippen molar-refractivity contribution in [1.82, 2.24) is 25.1 Å². The van der Waals surface area contributed by atoms with Crippen LogP contribution in [0.5, 0.6) is 0 Å². The van der Waals surface area contributed by atoms with Crippen LogP contribution in [-0.2, 0) is 0 Å². The third-order valence-corrected chi connectivity index (χ3v) is 4.45. The average Bonchev–Trinajstić information content (AvgIpc) is 3.22. The molecule has 26 heavy (non-hydrogen) atoms. The number of hydrogen-bond donors (Lipinski definition) is 1. The van der Waals surface area contributed by atoms with Crippen LogP contribution in [0.2, 0.25) is 15.1 Å². The molecule has 0 spiro atoms. The van der Waals surface area contributed by atoms with E-state index in [1.807, 2.05) is 12.1 Å². The fraction of sp³-hybridized carbons (Fsp3) is 0. The Morgan fingerprint density at radius 3 is 2.58 bits per heavy atom. The zero-order chi connectivity index (χ0) is 18.3. The van der Waals surface area contributed by atoms with Gasteiger partial charge in [-0.1, -0.05) is 57.3 Å². The van der Waals surface area contributed by atoms with Gasteiger partial charge in [-0.15, -0.1) is 5.10 Å². The van der Waals surface area contributed by atoms with Gasteiger partial charge in [0.1, 0.15) is 0 Å². The van der Waals surface area contributed by atoms with Gasteiger partial charge in [-0.3, -0.25) is 0 Å². The molecule has 0 unspecified atom stereocenters. The van der Waals surface area contributed by atoms with Gasteiger partial charge in [0.25, 0.3) is 5.89 Å². The van der Waals surface area contributed by atoms with Gasteiger partial charge in [0, 0.05) is 10.6 Å². The van der Waals surface area contributed by atoms with Crippen molar-refractivity contribution in [3.05, 3.63) is 57.5 Å². The monoisotopic (exact) mass is 406 g/mol. The van der Waals surface area contributed by atoms with Gasteiger partial charge in [-0.05, 0) is 30.3 Å². The van der Waals surface area contributed by atoms with Crippen LogP contribution in [0.25, 0.3) is 28.7 Å². The van der Waals surface area contributed by atoms with Crippen molar-refractivity contribution in [2.24, 2.45) is 0 Å². The minimum absolute atomic E-state index is 0.119. The van der Waals surface area contributed by atoms with Crippen molar-refractivity contribution in [2.45, 2.75) is 0 Å². The van der Waals surface area contributed by atoms with Gasteiger partial charge >= 0.3 is 0 Å². The molecule has 0 fully saturated rings. The molecule has 2 N–H and O–H groups in total. The first-order valence-corrected chi connectivity index (χ1v) is 8.43. The van der Waals surface area contributed by atoms with Gasteiger partial charge in [0.15, 0.2) is 11.5 Å². The van der Waals surface area contributed by atoms with Crippen LogP contribution >= 0.6 is 34.8 Å². The van der Waals surface area contributed by atoms with Crippen molar-refractivity contribution < 1.29 is 4.52 Å². The maximum Gasteiger partial charge on any atom is 0.282 e. The van der Waals surface area contributed by atoms with Crippen LogP contribution < -0.4 is 5.73 Å². The van der Waals surface area contributed by atoms with Gasteiger partial charge in [0.2, 0.25) is 5.82 Å². The molecule has 2 heterocycles. The highest BCUT2D eigenvalue weighted by atomic mass is 35.5. The highest BCUT2D eigenvalue weighted by Gasteiger charge is 2.21. The standard InChI is InChI=1S/C16H9Cl3N6O/c17-8-5-6-12(11(19)7-8)25-14(20)13(22-24-25)16-21-15(23-26-16)9-3-1-2-4-10(9)18/h1-7H,20H2. The summed E-state index contributed by atoms with van der Waals surface area (Å²) in [6, 6.07) is 12.1. The molecule has 0 bridgehead atoms. The minimum Gasteiger partial charge on any atom is -0.382 e. The number of anilines is 1. The Morgan fingerprint density at radius 1 is 1.00 bits per heavy atom. The maximum atomic E-state index is 6.20. The topological polar surface area (TPSA) is 95.7 Å². The van der Waals surface area contributed by atoms with E-state index < -0.39 is 0 Å². The molecule has 10 heteroatoms. The van der Waals surface area contributed by atoms with E-state index in [-0.39, 0.29) is 17.4 Å². The fourth-order valence-electron chi connectivity index (χ4n) is 2.34. The molecule has 0 saturated carbocycles. The predicted molar refractivity (Wildman–Crippen MR) is 99.5 cm³/mol. The molecule has 0 aliphatic rings. The summed E-state index contributed by atoms with van der Waals surface area (Å²) in [5.74, 6) is 0.640. The number of nitrogen functional groups attached to an aromatic ring is 1. The summed E-state index contributed by atoms with van der Waals surface area (Å²) in [6.07, 6.45) is 0. The van der Waals surface area contributed by atoms with E-state index in [4.69, 9.17) is 45.1 Å². The lowest BCUT2D eigenvalue weighted by molar-refractivity contribution is 0.431. The quantitative estimate of drug-likeness (QED) is 0.536. The number of benzene rings is 2. The molecule has 0 saturated heterocycles. The highest BCUT2D eigenvalue weighted by molar-refractivity contribution is 6.35. The molecule has 7 nitrogen and oxygen atoms in total. The maximum absolute atomic E-state index is 6.20. The molecular weight excluding hydrogens is 399 g/mol. The van der Waals surface area contributed by atoms with Crippen molar-refractivity contribution in [1.29, 1.82) is 0 Å². The lowest BCUT2D eigenvalue weighted by Crippen LogP contribution is -2.03. The van der Waals surface area contributed by atoms with Crippen molar-refractivity contribution in [2.75, 3.05) is 5.73 Å². The second-order valence-electron chi connectivity index (χ2n) is 5.23. The SMILES string of the molecule is Nc1c(-c2nc(-c3ccccc3Cl)no2)nnn1-c1ccc(Cl)cc1Cl. The van der Waals surface area contributed by atoms with Gasteiger partial charge in [-0.2, -0.15) is 9.67 Å². The summed E-state index contributed by atoms with van der Waals surface area (Å²) in [4.78, 5) is 4.30. The van der Waals surface area contributed by atoms with Crippen LogP contribution in [0, 0.1) is 0 Å². The first kappa shape index (κ1) is 16.8. The van der Waals surface area contributed by atoms with E-state index in [2.05, 4.69) is 20.5 Å². The van der Waals surface area contributed by atoms with Crippen LogP contribution in [0.1, 0.15) is 0 Å². The molecule has 4 rings (SSSR count). The second-order valence-corrected chi connectivity index (χ2v) is 6.48. The lowest BCUT2D eigenvalue weighted by atomic mass is 10.2. The molecule has 2 aromatic heterocycles. The van der Waals surface area contributed by atoms with E-state index >= 15 is 0 Å². The summed E-state index contributed by atoms with van der Waals surface area (Å²) in [5.41, 5.74) is 7.54. The van der Waals surface area contributed by atoms with Crippen LogP contribution in [-0.4, -0.2) is 25.1 Å². The Kier molecular flexibility index (Phi) is 4.28. The first-order valence-electron chi connectivity index (χ1n) is 7.30. The van der Waals surface area contributed by atoms with Crippen molar-refractivity contribution >= 4 is 40.6 Å². The normalized spacial score (nSPS) is 11.0. The lowest BCUT2D eigenvalue weighted by Gasteiger charge is -2.05. The van der Waals surface area contributed by atoms with Gasteiger partial charge in [-0.25, -0.2) is 0 Å². The largest absolute Gasteiger partial charge is 0.382 e. The van der Waals surface area contributed by atoms with Crippen LogP contribution in [0.4, 0.5) is 5.82 Å². The zero-order valence-corrected chi connectivity index (χ0v) is 15.2. The molecule has 0 radical (unpaired) electrons. The molecular formula is C16H9Cl3N6O. The predicted octanol–water partition coefficient (Wildman–Crippen LogP) is 4.53. The Bertz CT molecular complexity index is 1110. The summed E-state index contributed by atoms with van der Waals surface area (Å²) >= 11 is 18.3. The first-order chi connectivity index (χ1) is 12.5. The van der Waals surface area contributed by atoms with E-state index in [9.17, 15) is 0 Å². The number of hydrogen-bond acceptors (Lipinski definition) is 6. The molecule has 2 aromatic carbocycles. The summed E-state index contributed by atoms with van der Waals surface area (Å²) in [6.45, 7) is 0.